The van der Waals surface area contributed by atoms with E-state index < -0.39 is 10.0 Å². The van der Waals surface area contributed by atoms with E-state index in [1.165, 1.54) is 0 Å². The number of nitrogens with one attached hydrogen (secondary N) is 1. The fraction of sp³-hybridized carbons (Fsp3) is 0.290. The molecule has 3 aromatic carbocycles. The molecule has 1 aliphatic rings. The van der Waals surface area contributed by atoms with Crippen molar-refractivity contribution in [3.05, 3.63) is 114 Å². The number of carbonyl (C=O) groups excluding carboxylic acids is 1. The Morgan fingerprint density at radius 3 is 2.49 bits per heavy atom. The normalized spacial score (nSPS) is 15.9. The zero-order chi connectivity index (χ0) is 27.4. The van der Waals surface area contributed by atoms with Crippen molar-refractivity contribution in [1.82, 2.24) is 14.3 Å². The minimum absolute atomic E-state index is 0.00784. The molecule has 0 spiro atoms. The van der Waals surface area contributed by atoms with Crippen LogP contribution >= 0.6 is 0 Å². The van der Waals surface area contributed by atoms with E-state index in [0.29, 0.717) is 19.4 Å². The molecule has 0 radical (unpaired) electrons. The van der Waals surface area contributed by atoms with Crippen LogP contribution in [0.25, 0.3) is 0 Å². The standard InChI is InChI=1S/C31H34N4O3S/c1-23(24-10-5-3-6-11-24)20-31(36)35(22-30-32-18-19-34(30)2)26-17-16-25-12-9-15-29(28(25)21-26)33-39(37,38)27-13-7-4-8-14-27/h3-8,10-11,13-14,16-19,21,23,29,33H,9,12,15,20,22H2,1-2H3/t23-,29+/m0/s1. The summed E-state index contributed by atoms with van der Waals surface area (Å²) in [5.41, 5.74) is 3.89. The molecular formula is C31H34N4O3S. The number of aryl methyl sites for hydroxylation is 2. The summed E-state index contributed by atoms with van der Waals surface area (Å²) in [7, 11) is -1.77. The van der Waals surface area contributed by atoms with E-state index in [0.717, 1.165) is 41.0 Å². The average molecular weight is 543 g/mol. The van der Waals surface area contributed by atoms with Gasteiger partial charge in [-0.05, 0) is 66.1 Å². The molecule has 8 heteroatoms. The highest BCUT2D eigenvalue weighted by molar-refractivity contribution is 7.89. The molecule has 39 heavy (non-hydrogen) atoms. The quantitative estimate of drug-likeness (QED) is 0.303. The number of carbonyl (C=O) groups is 1. The van der Waals surface area contributed by atoms with Gasteiger partial charge in [0.25, 0.3) is 0 Å². The number of hydrogen-bond donors (Lipinski definition) is 1. The molecule has 4 aromatic rings. The number of fused-ring (bicyclic) bond motifs is 1. The Kier molecular flexibility index (Phi) is 7.95. The smallest absolute Gasteiger partial charge is 0.241 e. The molecule has 1 N–H and O–H groups in total. The summed E-state index contributed by atoms with van der Waals surface area (Å²) in [4.78, 5) is 20.3. The first-order chi connectivity index (χ1) is 18.8. The predicted molar refractivity (Wildman–Crippen MR) is 153 cm³/mol. The van der Waals surface area contributed by atoms with Crippen molar-refractivity contribution in [1.29, 1.82) is 0 Å². The first-order valence-electron chi connectivity index (χ1n) is 13.3. The second-order valence-corrected chi connectivity index (χ2v) is 11.9. The Bertz CT molecular complexity index is 1530. The van der Waals surface area contributed by atoms with Crippen LogP contribution in [0.2, 0.25) is 0 Å². The van der Waals surface area contributed by atoms with Crippen LogP contribution in [0.3, 0.4) is 0 Å². The summed E-state index contributed by atoms with van der Waals surface area (Å²) in [6.07, 6.45) is 6.39. The number of rotatable bonds is 9. The van der Waals surface area contributed by atoms with Gasteiger partial charge < -0.3 is 9.47 Å². The molecule has 0 unspecified atom stereocenters. The van der Waals surface area contributed by atoms with Crippen LogP contribution in [-0.4, -0.2) is 23.9 Å². The molecule has 7 nitrogen and oxygen atoms in total. The molecule has 5 rings (SSSR count). The molecule has 2 atom stereocenters. The SMILES string of the molecule is C[C@@H](CC(=O)N(Cc1nccn1C)c1ccc2c(c1)[C@H](NS(=O)(=O)c1ccccc1)CCC2)c1ccccc1. The summed E-state index contributed by atoms with van der Waals surface area (Å²) in [5.74, 6) is 0.812. The molecule has 0 aliphatic heterocycles. The van der Waals surface area contributed by atoms with Crippen molar-refractivity contribution in [3.63, 3.8) is 0 Å². The van der Waals surface area contributed by atoms with Gasteiger partial charge in [0.05, 0.1) is 11.4 Å². The van der Waals surface area contributed by atoms with Crippen LogP contribution in [-0.2, 0) is 34.8 Å². The number of anilines is 1. The molecule has 202 valence electrons. The van der Waals surface area contributed by atoms with Gasteiger partial charge in [0.2, 0.25) is 15.9 Å². The molecule has 0 fully saturated rings. The second-order valence-electron chi connectivity index (χ2n) is 10.2. The van der Waals surface area contributed by atoms with Crippen molar-refractivity contribution in [2.24, 2.45) is 7.05 Å². The van der Waals surface area contributed by atoms with Gasteiger partial charge in [0, 0.05) is 37.6 Å². The molecule has 1 aromatic heterocycles. The Morgan fingerprint density at radius 2 is 1.79 bits per heavy atom. The van der Waals surface area contributed by atoms with E-state index >= 15 is 0 Å². The van der Waals surface area contributed by atoms with Crippen LogP contribution in [0.1, 0.15) is 60.7 Å². The molecule has 1 heterocycles. The van der Waals surface area contributed by atoms with Gasteiger partial charge in [-0.25, -0.2) is 18.1 Å². The lowest BCUT2D eigenvalue weighted by Crippen LogP contribution is -2.34. The maximum Gasteiger partial charge on any atom is 0.241 e. The maximum absolute atomic E-state index is 13.8. The van der Waals surface area contributed by atoms with Crippen LogP contribution in [0.4, 0.5) is 5.69 Å². The van der Waals surface area contributed by atoms with Crippen molar-refractivity contribution < 1.29 is 13.2 Å². The van der Waals surface area contributed by atoms with Crippen molar-refractivity contribution in [3.8, 4) is 0 Å². The summed E-state index contributed by atoms with van der Waals surface area (Å²) in [6, 6.07) is 24.1. The number of hydrogen-bond acceptors (Lipinski definition) is 4. The maximum atomic E-state index is 13.8. The summed E-state index contributed by atoms with van der Waals surface area (Å²) in [5, 5.41) is 0. The van der Waals surface area contributed by atoms with Gasteiger partial charge in [0.1, 0.15) is 5.82 Å². The third kappa shape index (κ3) is 6.13. The van der Waals surface area contributed by atoms with Gasteiger partial charge in [-0.15, -0.1) is 0 Å². The number of nitrogens with zero attached hydrogens (tertiary/aromatic N) is 3. The van der Waals surface area contributed by atoms with Gasteiger partial charge in [0.15, 0.2) is 0 Å². The van der Waals surface area contributed by atoms with Gasteiger partial charge in [-0.3, -0.25) is 4.79 Å². The van der Waals surface area contributed by atoms with Crippen molar-refractivity contribution >= 4 is 21.6 Å². The molecule has 0 saturated heterocycles. The zero-order valence-corrected chi connectivity index (χ0v) is 23.1. The lowest BCUT2D eigenvalue weighted by atomic mass is 9.87. The van der Waals surface area contributed by atoms with Crippen molar-refractivity contribution in [2.75, 3.05) is 4.90 Å². The first-order valence-corrected chi connectivity index (χ1v) is 14.8. The Labute approximate surface area is 230 Å². The van der Waals surface area contributed by atoms with Crippen LogP contribution < -0.4 is 9.62 Å². The molecule has 1 aliphatic carbocycles. The predicted octanol–water partition coefficient (Wildman–Crippen LogP) is 5.50. The Hall–Kier alpha value is -3.75. The molecular weight excluding hydrogens is 508 g/mol. The lowest BCUT2D eigenvalue weighted by Gasteiger charge is -2.30. The van der Waals surface area contributed by atoms with Gasteiger partial charge in [-0.1, -0.05) is 61.5 Å². The third-order valence-corrected chi connectivity index (χ3v) is 8.96. The Balaban J connectivity index is 1.46. The largest absolute Gasteiger partial charge is 0.337 e. The lowest BCUT2D eigenvalue weighted by molar-refractivity contribution is -0.119. The minimum Gasteiger partial charge on any atom is -0.337 e. The summed E-state index contributed by atoms with van der Waals surface area (Å²) < 4.78 is 31.1. The van der Waals surface area contributed by atoms with Gasteiger partial charge >= 0.3 is 0 Å². The number of aromatic nitrogens is 2. The highest BCUT2D eigenvalue weighted by atomic mass is 32.2. The molecule has 1 amide bonds. The van der Waals surface area contributed by atoms with Crippen LogP contribution in [0, 0.1) is 0 Å². The minimum atomic E-state index is -3.69. The summed E-state index contributed by atoms with van der Waals surface area (Å²) in [6.45, 7) is 2.39. The summed E-state index contributed by atoms with van der Waals surface area (Å²) >= 11 is 0. The zero-order valence-electron chi connectivity index (χ0n) is 22.3. The fourth-order valence-corrected chi connectivity index (χ4v) is 6.49. The average Bonchev–Trinajstić information content (AvgIpc) is 3.36. The van der Waals surface area contributed by atoms with Crippen LogP contribution in [0.15, 0.2) is 96.2 Å². The number of amides is 1. The number of imidazole rings is 1. The molecule has 0 bridgehead atoms. The van der Waals surface area contributed by atoms with E-state index in [4.69, 9.17) is 0 Å². The van der Waals surface area contributed by atoms with E-state index in [1.54, 1.807) is 41.4 Å². The molecule has 0 saturated carbocycles. The number of sulfonamides is 1. The fourth-order valence-electron chi connectivity index (χ4n) is 5.22. The van der Waals surface area contributed by atoms with E-state index in [9.17, 15) is 13.2 Å². The van der Waals surface area contributed by atoms with E-state index in [1.807, 2.05) is 66.3 Å². The highest BCUT2D eigenvalue weighted by Gasteiger charge is 2.28. The van der Waals surface area contributed by atoms with E-state index in [2.05, 4.69) is 16.6 Å². The topological polar surface area (TPSA) is 84.3 Å². The monoisotopic (exact) mass is 542 g/mol. The second kappa shape index (κ2) is 11.6. The van der Waals surface area contributed by atoms with Crippen molar-refractivity contribution in [2.45, 2.75) is 56.0 Å². The number of benzene rings is 3. The van der Waals surface area contributed by atoms with E-state index in [-0.39, 0.29) is 22.8 Å². The Morgan fingerprint density at radius 1 is 1.08 bits per heavy atom. The van der Waals surface area contributed by atoms with Crippen LogP contribution in [0.5, 0.6) is 0 Å². The third-order valence-electron chi connectivity index (χ3n) is 7.48. The first kappa shape index (κ1) is 26.8. The van der Waals surface area contributed by atoms with Gasteiger partial charge in [-0.2, -0.15) is 0 Å². The highest BCUT2D eigenvalue weighted by Crippen LogP contribution is 2.35.